The van der Waals surface area contributed by atoms with Crippen LogP contribution in [-0.2, 0) is 10.4 Å². The van der Waals surface area contributed by atoms with Gasteiger partial charge in [0.25, 0.3) is 0 Å². The fourth-order valence-corrected chi connectivity index (χ4v) is 4.98. The largest absolute Gasteiger partial charge is 0.479 e. The molecule has 3 fully saturated rings. The van der Waals surface area contributed by atoms with Crippen LogP contribution < -0.4 is 0 Å². The lowest BCUT2D eigenvalue weighted by Crippen LogP contribution is -2.44. The van der Waals surface area contributed by atoms with E-state index in [0.717, 1.165) is 38.1 Å². The minimum absolute atomic E-state index is 0.0382. The number of aliphatic hydroxyl groups excluding tert-OH is 1. The number of carbonyl (C=O) groups is 1. The van der Waals surface area contributed by atoms with Crippen molar-refractivity contribution in [2.24, 2.45) is 5.92 Å². The first-order valence-corrected chi connectivity index (χ1v) is 9.86. The van der Waals surface area contributed by atoms with Crippen LogP contribution >= 0.6 is 0 Å². The first-order chi connectivity index (χ1) is 12.4. The van der Waals surface area contributed by atoms with Crippen molar-refractivity contribution in [1.82, 2.24) is 4.90 Å². The van der Waals surface area contributed by atoms with Gasteiger partial charge in [0.15, 0.2) is 5.60 Å². The topological polar surface area (TPSA) is 81.0 Å². The second-order valence-corrected chi connectivity index (χ2v) is 8.03. The van der Waals surface area contributed by atoms with Crippen molar-refractivity contribution < 1.29 is 20.1 Å². The normalized spacial score (nSPS) is 31.1. The molecule has 0 radical (unpaired) electrons. The fourth-order valence-electron chi connectivity index (χ4n) is 4.98. The van der Waals surface area contributed by atoms with Gasteiger partial charge in [-0.3, -0.25) is 4.90 Å². The molecule has 1 aromatic rings. The van der Waals surface area contributed by atoms with Crippen molar-refractivity contribution in [2.75, 3.05) is 7.05 Å². The standard InChI is InChI=1S/C13H16O3.C8H15NO/c14-12(15)13(16,11-8-4-5-9-11)10-6-2-1-3-7-10;1-9-6-2-4-7(9)8(10)5-3-6/h1-3,6-7,11,16H,4-5,8-9H2,(H,14,15);6-8,10H,2-5H2,1H3/t;6-,7+,8+/m.0/s1. The summed E-state index contributed by atoms with van der Waals surface area (Å²) in [6.07, 6.45) is 8.30. The molecule has 3 aliphatic rings. The van der Waals surface area contributed by atoms with Crippen molar-refractivity contribution in [3.8, 4) is 0 Å². The third-order valence-corrected chi connectivity index (χ3v) is 6.62. The number of carboxylic acids is 1. The van der Waals surface area contributed by atoms with Gasteiger partial charge < -0.3 is 15.3 Å². The first-order valence-electron chi connectivity index (χ1n) is 9.86. The number of aliphatic hydroxyl groups is 2. The molecule has 26 heavy (non-hydrogen) atoms. The zero-order chi connectivity index (χ0) is 18.7. The quantitative estimate of drug-likeness (QED) is 0.771. The van der Waals surface area contributed by atoms with E-state index in [1.807, 2.05) is 6.07 Å². The van der Waals surface area contributed by atoms with E-state index in [1.54, 1.807) is 24.3 Å². The van der Waals surface area contributed by atoms with Crippen molar-refractivity contribution in [3.05, 3.63) is 35.9 Å². The Morgan fingerprint density at radius 3 is 2.23 bits per heavy atom. The van der Waals surface area contributed by atoms with Crippen LogP contribution in [0, 0.1) is 5.92 Å². The molecule has 4 atom stereocenters. The number of carboxylic acid groups (broad SMARTS) is 1. The maximum absolute atomic E-state index is 11.4. The third kappa shape index (κ3) is 3.66. The summed E-state index contributed by atoms with van der Waals surface area (Å²) in [4.78, 5) is 13.7. The molecule has 0 aromatic heterocycles. The zero-order valence-electron chi connectivity index (χ0n) is 15.6. The van der Waals surface area contributed by atoms with E-state index in [1.165, 1.54) is 19.3 Å². The number of aliphatic carboxylic acids is 1. The SMILES string of the molecule is CN1[C@@H]2CC[C@@H](O)[C@H]1CC2.O=C(O)C(O)(c1ccccc1)C1CCCC1. The smallest absolute Gasteiger partial charge is 0.340 e. The highest BCUT2D eigenvalue weighted by Crippen LogP contribution is 2.40. The minimum atomic E-state index is -1.71. The number of benzene rings is 1. The van der Waals surface area contributed by atoms with Crippen molar-refractivity contribution in [1.29, 1.82) is 0 Å². The molecule has 3 N–H and O–H groups in total. The predicted molar refractivity (Wildman–Crippen MR) is 99.7 cm³/mol. The van der Waals surface area contributed by atoms with Gasteiger partial charge in [0, 0.05) is 18.0 Å². The Morgan fingerprint density at radius 1 is 1.04 bits per heavy atom. The Labute approximate surface area is 155 Å². The minimum Gasteiger partial charge on any atom is -0.479 e. The Kier molecular flexibility index (Phi) is 6.00. The van der Waals surface area contributed by atoms with Crippen molar-refractivity contribution in [3.63, 3.8) is 0 Å². The Hall–Kier alpha value is -1.43. The van der Waals surface area contributed by atoms with Crippen LogP contribution in [0.1, 0.15) is 56.9 Å². The summed E-state index contributed by atoms with van der Waals surface area (Å²) in [5, 5.41) is 29.3. The monoisotopic (exact) mass is 361 g/mol. The van der Waals surface area contributed by atoms with Gasteiger partial charge in [-0.1, -0.05) is 43.2 Å². The van der Waals surface area contributed by atoms with Gasteiger partial charge in [-0.25, -0.2) is 4.79 Å². The molecule has 1 saturated carbocycles. The molecule has 1 unspecified atom stereocenters. The van der Waals surface area contributed by atoms with Crippen LogP contribution in [0.25, 0.3) is 0 Å². The lowest BCUT2D eigenvalue weighted by atomic mass is 9.80. The molecule has 5 heteroatoms. The highest BCUT2D eigenvalue weighted by atomic mass is 16.4. The summed E-state index contributed by atoms with van der Waals surface area (Å²) < 4.78 is 0. The average molecular weight is 361 g/mol. The van der Waals surface area contributed by atoms with Crippen LogP contribution in [0.2, 0.25) is 0 Å². The molecular formula is C21H31NO4. The van der Waals surface area contributed by atoms with E-state index in [9.17, 15) is 20.1 Å². The van der Waals surface area contributed by atoms with E-state index in [-0.39, 0.29) is 12.0 Å². The molecular weight excluding hydrogens is 330 g/mol. The maximum atomic E-state index is 11.4. The number of hydrogen-bond donors (Lipinski definition) is 3. The average Bonchev–Trinajstić information content (AvgIpc) is 3.26. The van der Waals surface area contributed by atoms with Gasteiger partial charge >= 0.3 is 5.97 Å². The van der Waals surface area contributed by atoms with Crippen molar-refractivity contribution >= 4 is 5.97 Å². The number of hydrogen-bond acceptors (Lipinski definition) is 4. The van der Waals surface area contributed by atoms with E-state index >= 15 is 0 Å². The molecule has 5 nitrogen and oxygen atoms in total. The Bertz CT molecular complexity index is 601. The van der Waals surface area contributed by atoms with Gasteiger partial charge in [-0.05, 0) is 51.1 Å². The molecule has 2 heterocycles. The summed E-state index contributed by atoms with van der Waals surface area (Å²) >= 11 is 0. The molecule has 0 spiro atoms. The van der Waals surface area contributed by atoms with Crippen LogP contribution in [0.3, 0.4) is 0 Å². The summed E-state index contributed by atoms with van der Waals surface area (Å²) in [6.45, 7) is 0. The predicted octanol–water partition coefficient (Wildman–Crippen LogP) is 2.75. The molecule has 4 rings (SSSR count). The molecule has 144 valence electrons. The number of piperidine rings is 1. The number of fused-ring (bicyclic) bond motifs is 2. The Balaban J connectivity index is 0.000000167. The van der Waals surface area contributed by atoms with Gasteiger partial charge in [0.1, 0.15) is 0 Å². The maximum Gasteiger partial charge on any atom is 0.340 e. The van der Waals surface area contributed by atoms with E-state index < -0.39 is 11.6 Å². The van der Waals surface area contributed by atoms with E-state index in [2.05, 4.69) is 11.9 Å². The fraction of sp³-hybridized carbons (Fsp3) is 0.667. The van der Waals surface area contributed by atoms with Gasteiger partial charge in [0.2, 0.25) is 0 Å². The lowest BCUT2D eigenvalue weighted by molar-refractivity contribution is -0.166. The number of likely N-dealkylation sites (N-methyl/N-ethyl adjacent to an activating group) is 1. The van der Waals surface area contributed by atoms with Crippen LogP contribution in [0.15, 0.2) is 30.3 Å². The highest BCUT2D eigenvalue weighted by Gasteiger charge is 2.46. The zero-order valence-corrected chi connectivity index (χ0v) is 15.6. The summed E-state index contributed by atoms with van der Waals surface area (Å²) in [6, 6.07) is 9.99. The molecule has 1 aliphatic carbocycles. The number of rotatable bonds is 3. The summed E-state index contributed by atoms with van der Waals surface area (Å²) in [5.74, 6) is -1.29. The van der Waals surface area contributed by atoms with Gasteiger partial charge in [-0.15, -0.1) is 0 Å². The van der Waals surface area contributed by atoms with E-state index in [0.29, 0.717) is 11.6 Å². The molecule has 2 aliphatic heterocycles. The second-order valence-electron chi connectivity index (χ2n) is 8.03. The van der Waals surface area contributed by atoms with Gasteiger partial charge in [-0.2, -0.15) is 0 Å². The third-order valence-electron chi connectivity index (χ3n) is 6.62. The highest BCUT2D eigenvalue weighted by molar-refractivity contribution is 5.79. The van der Waals surface area contributed by atoms with Crippen LogP contribution in [0.5, 0.6) is 0 Å². The summed E-state index contributed by atoms with van der Waals surface area (Å²) in [7, 11) is 2.14. The van der Waals surface area contributed by atoms with E-state index in [4.69, 9.17) is 0 Å². The Morgan fingerprint density at radius 2 is 1.65 bits per heavy atom. The molecule has 1 aromatic carbocycles. The van der Waals surface area contributed by atoms with Gasteiger partial charge in [0.05, 0.1) is 6.10 Å². The number of nitrogens with zero attached hydrogens (tertiary/aromatic N) is 1. The summed E-state index contributed by atoms with van der Waals surface area (Å²) in [5.41, 5.74) is -1.22. The van der Waals surface area contributed by atoms with Crippen LogP contribution in [0.4, 0.5) is 0 Å². The molecule has 2 saturated heterocycles. The second kappa shape index (κ2) is 8.07. The lowest BCUT2D eigenvalue weighted by Gasteiger charge is -2.34. The first kappa shape index (κ1) is 19.3. The van der Waals surface area contributed by atoms with Crippen LogP contribution in [-0.4, -0.2) is 51.4 Å². The molecule has 2 bridgehead atoms. The molecule has 0 amide bonds. The van der Waals surface area contributed by atoms with Crippen molar-refractivity contribution in [2.45, 2.75) is 75.2 Å².